The van der Waals surface area contributed by atoms with Crippen LogP contribution in [0.4, 0.5) is 5.69 Å². The Balaban J connectivity index is 2.50. The van der Waals surface area contributed by atoms with Crippen molar-refractivity contribution in [3.8, 4) is 17.2 Å². The van der Waals surface area contributed by atoms with Crippen molar-refractivity contribution in [2.24, 2.45) is 5.92 Å². The van der Waals surface area contributed by atoms with Gasteiger partial charge in [-0.15, -0.1) is 0 Å². The molecule has 0 heterocycles. The number of hydrogen-bond donors (Lipinski definition) is 1. The predicted octanol–water partition coefficient (Wildman–Crippen LogP) is 4.22. The third-order valence-corrected chi connectivity index (χ3v) is 4.12. The van der Waals surface area contributed by atoms with Gasteiger partial charge < -0.3 is 19.9 Å². The molecule has 0 aliphatic rings. The summed E-state index contributed by atoms with van der Waals surface area (Å²) >= 11 is 0. The van der Waals surface area contributed by atoms with Crippen molar-refractivity contribution in [3.05, 3.63) is 53.1 Å². The molecule has 2 rings (SSSR count). The van der Waals surface area contributed by atoms with E-state index < -0.39 is 0 Å². The molecule has 0 saturated carbocycles. The second-order valence-corrected chi connectivity index (χ2v) is 6.15. The molecule has 2 aromatic rings. The maximum absolute atomic E-state index is 13.1. The van der Waals surface area contributed by atoms with E-state index in [4.69, 9.17) is 19.9 Å². The van der Waals surface area contributed by atoms with E-state index in [-0.39, 0.29) is 11.7 Å². The Hall–Kier alpha value is -2.95. The molecule has 138 valence electrons. The van der Waals surface area contributed by atoms with Crippen molar-refractivity contribution in [2.75, 3.05) is 27.1 Å². The third kappa shape index (κ3) is 4.17. The maximum Gasteiger partial charge on any atom is 0.189 e. The van der Waals surface area contributed by atoms with Gasteiger partial charge in [0, 0.05) is 16.7 Å². The summed E-state index contributed by atoms with van der Waals surface area (Å²) < 4.78 is 15.9. The molecule has 0 radical (unpaired) electrons. The van der Waals surface area contributed by atoms with E-state index in [9.17, 15) is 4.79 Å². The Morgan fingerprint density at radius 2 is 1.62 bits per heavy atom. The van der Waals surface area contributed by atoms with Crippen LogP contribution in [0.15, 0.2) is 42.0 Å². The quantitative estimate of drug-likeness (QED) is 0.457. The van der Waals surface area contributed by atoms with Crippen LogP contribution in [0.5, 0.6) is 17.2 Å². The summed E-state index contributed by atoms with van der Waals surface area (Å²) in [6.07, 6.45) is 1.84. The standard InChI is InChI=1S/C21H25NO4/c1-13(2)17(11-15-10-16(24-3)7-9-19(15)25-4)21(23)14-6-8-20(26-5)18(22)12-14/h6-13H,22H2,1-5H3. The number of nitrogens with two attached hydrogens (primary N) is 1. The number of nitrogen functional groups attached to an aromatic ring is 1. The summed E-state index contributed by atoms with van der Waals surface area (Å²) in [6.45, 7) is 3.95. The van der Waals surface area contributed by atoms with Crippen molar-refractivity contribution in [1.82, 2.24) is 0 Å². The van der Waals surface area contributed by atoms with E-state index in [0.717, 1.165) is 5.56 Å². The van der Waals surface area contributed by atoms with Crippen molar-refractivity contribution in [1.29, 1.82) is 0 Å². The van der Waals surface area contributed by atoms with Crippen LogP contribution in [0.2, 0.25) is 0 Å². The highest BCUT2D eigenvalue weighted by atomic mass is 16.5. The van der Waals surface area contributed by atoms with Crippen molar-refractivity contribution in [2.45, 2.75) is 13.8 Å². The molecule has 0 aromatic heterocycles. The molecule has 5 nitrogen and oxygen atoms in total. The number of ether oxygens (including phenoxy) is 3. The van der Waals surface area contributed by atoms with Gasteiger partial charge in [-0.2, -0.15) is 0 Å². The van der Waals surface area contributed by atoms with Gasteiger partial charge in [0.05, 0.1) is 27.0 Å². The molecule has 5 heteroatoms. The molecule has 0 atom stereocenters. The van der Waals surface area contributed by atoms with Crippen LogP contribution < -0.4 is 19.9 Å². The zero-order valence-electron chi connectivity index (χ0n) is 15.8. The number of benzene rings is 2. The lowest BCUT2D eigenvalue weighted by molar-refractivity contribution is 0.102. The summed E-state index contributed by atoms with van der Waals surface area (Å²) in [7, 11) is 4.74. The van der Waals surface area contributed by atoms with Gasteiger partial charge in [-0.1, -0.05) is 13.8 Å². The van der Waals surface area contributed by atoms with E-state index in [1.165, 1.54) is 0 Å². The van der Waals surface area contributed by atoms with Crippen LogP contribution in [0.3, 0.4) is 0 Å². The molecule has 0 unspecified atom stereocenters. The van der Waals surface area contributed by atoms with Crippen LogP contribution in [-0.4, -0.2) is 27.1 Å². The van der Waals surface area contributed by atoms with Crippen LogP contribution in [-0.2, 0) is 0 Å². The minimum Gasteiger partial charge on any atom is -0.497 e. The van der Waals surface area contributed by atoms with Crippen molar-refractivity contribution < 1.29 is 19.0 Å². The highest BCUT2D eigenvalue weighted by Crippen LogP contribution is 2.30. The Bertz CT molecular complexity index is 825. The second kappa shape index (κ2) is 8.43. The van der Waals surface area contributed by atoms with Crippen LogP contribution >= 0.6 is 0 Å². The summed E-state index contributed by atoms with van der Waals surface area (Å²) in [5.41, 5.74) is 8.33. The van der Waals surface area contributed by atoms with Gasteiger partial charge in [-0.3, -0.25) is 4.79 Å². The average molecular weight is 355 g/mol. The molecule has 0 fully saturated rings. The molecule has 2 aromatic carbocycles. The molecule has 0 spiro atoms. The lowest BCUT2D eigenvalue weighted by atomic mass is 9.92. The van der Waals surface area contributed by atoms with E-state index in [1.54, 1.807) is 39.5 Å². The number of ketones is 1. The maximum atomic E-state index is 13.1. The van der Waals surface area contributed by atoms with Crippen molar-refractivity contribution in [3.63, 3.8) is 0 Å². The topological polar surface area (TPSA) is 70.8 Å². The summed E-state index contributed by atoms with van der Waals surface area (Å²) in [5.74, 6) is 1.85. The number of Topliss-reactive ketones (excluding diaryl/α,β-unsaturated/α-hetero) is 1. The number of allylic oxidation sites excluding steroid dienone is 1. The first-order chi connectivity index (χ1) is 12.4. The van der Waals surface area contributed by atoms with Gasteiger partial charge in [-0.25, -0.2) is 0 Å². The van der Waals surface area contributed by atoms with E-state index in [2.05, 4.69) is 0 Å². The minimum atomic E-state index is -0.0840. The molecule has 0 bridgehead atoms. The van der Waals surface area contributed by atoms with Crippen LogP contribution in [0.25, 0.3) is 6.08 Å². The molecular weight excluding hydrogens is 330 g/mol. The summed E-state index contributed by atoms with van der Waals surface area (Å²) in [4.78, 5) is 13.1. The first-order valence-corrected chi connectivity index (χ1v) is 8.33. The fourth-order valence-corrected chi connectivity index (χ4v) is 2.66. The predicted molar refractivity (Wildman–Crippen MR) is 104 cm³/mol. The number of hydrogen-bond acceptors (Lipinski definition) is 5. The molecule has 0 amide bonds. The third-order valence-electron chi connectivity index (χ3n) is 4.12. The molecule has 0 aliphatic heterocycles. The minimum absolute atomic E-state index is 0.0155. The fourth-order valence-electron chi connectivity index (χ4n) is 2.66. The normalized spacial score (nSPS) is 11.4. The monoisotopic (exact) mass is 355 g/mol. The molecule has 0 saturated heterocycles. The number of carbonyl (C=O) groups excluding carboxylic acids is 1. The first kappa shape index (κ1) is 19.4. The number of anilines is 1. The largest absolute Gasteiger partial charge is 0.497 e. The van der Waals surface area contributed by atoms with Gasteiger partial charge >= 0.3 is 0 Å². The molecule has 2 N–H and O–H groups in total. The summed E-state index contributed by atoms with van der Waals surface area (Å²) in [6, 6.07) is 10.5. The molecule has 0 aliphatic carbocycles. The first-order valence-electron chi connectivity index (χ1n) is 8.33. The van der Waals surface area contributed by atoms with Crippen LogP contribution in [0.1, 0.15) is 29.8 Å². The van der Waals surface area contributed by atoms with E-state index >= 15 is 0 Å². The Labute approximate surface area is 154 Å². The summed E-state index contributed by atoms with van der Waals surface area (Å²) in [5, 5.41) is 0. The smallest absolute Gasteiger partial charge is 0.189 e. The zero-order valence-corrected chi connectivity index (χ0v) is 15.8. The van der Waals surface area contributed by atoms with E-state index in [1.807, 2.05) is 38.1 Å². The van der Waals surface area contributed by atoms with Crippen LogP contribution in [0, 0.1) is 5.92 Å². The molecule has 26 heavy (non-hydrogen) atoms. The number of methoxy groups -OCH3 is 3. The number of rotatable bonds is 7. The number of carbonyl (C=O) groups is 1. The lowest BCUT2D eigenvalue weighted by Gasteiger charge is -2.14. The van der Waals surface area contributed by atoms with Gasteiger partial charge in [0.1, 0.15) is 17.2 Å². The Morgan fingerprint density at radius 1 is 0.962 bits per heavy atom. The zero-order chi connectivity index (χ0) is 19.3. The fraction of sp³-hybridized carbons (Fsp3) is 0.286. The Kier molecular flexibility index (Phi) is 6.28. The molecular formula is C21H25NO4. The Morgan fingerprint density at radius 3 is 2.15 bits per heavy atom. The van der Waals surface area contributed by atoms with Gasteiger partial charge in [-0.05, 0) is 48.4 Å². The lowest BCUT2D eigenvalue weighted by Crippen LogP contribution is -2.10. The van der Waals surface area contributed by atoms with Gasteiger partial charge in [0.2, 0.25) is 0 Å². The van der Waals surface area contributed by atoms with E-state index in [0.29, 0.717) is 34.1 Å². The highest BCUT2D eigenvalue weighted by molar-refractivity contribution is 6.12. The van der Waals surface area contributed by atoms with Crippen molar-refractivity contribution >= 4 is 17.5 Å². The highest BCUT2D eigenvalue weighted by Gasteiger charge is 2.18. The SMILES string of the molecule is COc1ccc(OC)c(C=C(C(=O)c2ccc(OC)c(N)c2)C(C)C)c1. The average Bonchev–Trinajstić information content (AvgIpc) is 2.64. The van der Waals surface area contributed by atoms with Gasteiger partial charge in [0.25, 0.3) is 0 Å². The second-order valence-electron chi connectivity index (χ2n) is 6.15. The van der Waals surface area contributed by atoms with Gasteiger partial charge in [0.15, 0.2) is 5.78 Å².